The molecule has 1 N–H and O–H groups in total. The van der Waals surface area contributed by atoms with E-state index in [-0.39, 0.29) is 5.02 Å². The van der Waals surface area contributed by atoms with Crippen LogP contribution in [-0.2, 0) is 19.0 Å². The molecule has 9 heteroatoms. The molecule has 2 aromatic heterocycles. The quantitative estimate of drug-likeness (QED) is 0.371. The van der Waals surface area contributed by atoms with Crippen molar-refractivity contribution in [2.45, 2.75) is 37.0 Å². The summed E-state index contributed by atoms with van der Waals surface area (Å²) in [6, 6.07) is 3.81. The van der Waals surface area contributed by atoms with Gasteiger partial charge in [0.05, 0.1) is 16.0 Å². The fraction of sp³-hybridized carbons (Fsp3) is 0.333. The maximum Gasteiger partial charge on any atom is 0.417 e. The molecule has 0 fully saturated rings. The van der Waals surface area contributed by atoms with Gasteiger partial charge in [-0.15, -0.1) is 11.3 Å². The Kier molecular flexibility index (Phi) is 4.98. The number of thiophene rings is 1. The molecule has 1 aliphatic carbocycles. The fourth-order valence-electron chi connectivity index (χ4n) is 3.28. The number of nitrogens with zero attached hydrogens (tertiary/aromatic N) is 2. The van der Waals surface area contributed by atoms with Crippen molar-refractivity contribution in [2.75, 3.05) is 11.6 Å². The molecule has 0 saturated carbocycles. The average molecular weight is 430 g/mol. The van der Waals surface area contributed by atoms with E-state index in [2.05, 4.69) is 15.3 Å². The summed E-state index contributed by atoms with van der Waals surface area (Å²) < 4.78 is 39.5. The highest BCUT2D eigenvalue weighted by atomic mass is 35.5. The topological polar surface area (TPSA) is 37.8 Å². The Labute approximate surface area is 167 Å². The highest BCUT2D eigenvalue weighted by Crippen LogP contribution is 2.41. The Balaban J connectivity index is 1.83. The molecule has 1 aliphatic rings. The molecule has 3 nitrogen and oxygen atoms in total. The van der Waals surface area contributed by atoms with Crippen LogP contribution in [0.2, 0.25) is 5.02 Å². The number of alkyl halides is 3. The third-order valence-corrected chi connectivity index (χ3v) is 6.57. The van der Waals surface area contributed by atoms with Gasteiger partial charge in [-0.2, -0.15) is 13.2 Å². The highest BCUT2D eigenvalue weighted by Gasteiger charge is 2.33. The molecule has 4 rings (SSSR count). The average Bonchev–Trinajstić information content (AvgIpc) is 3.00. The maximum absolute atomic E-state index is 13.2. The summed E-state index contributed by atoms with van der Waals surface area (Å²) in [5.74, 6) is 0.555. The summed E-state index contributed by atoms with van der Waals surface area (Å²) in [4.78, 5) is 11.3. The van der Waals surface area contributed by atoms with Crippen molar-refractivity contribution in [3.8, 4) is 0 Å². The number of halogens is 4. The predicted octanol–water partition coefficient (Wildman–Crippen LogP) is 6.71. The first-order chi connectivity index (χ1) is 12.9. The van der Waals surface area contributed by atoms with E-state index < -0.39 is 11.7 Å². The summed E-state index contributed by atoms with van der Waals surface area (Å²) in [6.07, 6.45) is 1.58. The number of aromatic nitrogens is 2. The van der Waals surface area contributed by atoms with Crippen LogP contribution in [0.3, 0.4) is 0 Å². The lowest BCUT2D eigenvalue weighted by molar-refractivity contribution is -0.137. The van der Waals surface area contributed by atoms with Crippen LogP contribution in [0.4, 0.5) is 24.7 Å². The Morgan fingerprint density at radius 2 is 1.96 bits per heavy atom. The standard InChI is InChI=1S/C18H15ClF3N3S2/c1-26-17-24-15(14-10-4-2-3-5-13(10)27-16(14)25-17)23-9-6-7-12(19)11(8-9)18(20,21)22/h6-8H,2-5H2,1H3,(H,23,24,25). The molecule has 0 spiro atoms. The van der Waals surface area contributed by atoms with Crippen molar-refractivity contribution in [3.63, 3.8) is 0 Å². The minimum Gasteiger partial charge on any atom is -0.340 e. The molecule has 1 aromatic carbocycles. The molecule has 0 unspecified atom stereocenters. The third-order valence-electron chi connectivity index (χ3n) is 4.51. The van der Waals surface area contributed by atoms with Crippen LogP contribution >= 0.6 is 34.7 Å². The molecule has 142 valence electrons. The smallest absolute Gasteiger partial charge is 0.340 e. The van der Waals surface area contributed by atoms with Crippen molar-refractivity contribution < 1.29 is 13.2 Å². The van der Waals surface area contributed by atoms with Gasteiger partial charge in [-0.1, -0.05) is 23.4 Å². The summed E-state index contributed by atoms with van der Waals surface area (Å²) in [7, 11) is 0. The molecule has 0 radical (unpaired) electrons. The van der Waals surface area contributed by atoms with Gasteiger partial charge in [0, 0.05) is 10.6 Å². The van der Waals surface area contributed by atoms with Crippen molar-refractivity contribution in [1.29, 1.82) is 0 Å². The molecule has 0 amide bonds. The van der Waals surface area contributed by atoms with Gasteiger partial charge in [0.1, 0.15) is 10.6 Å². The first kappa shape index (κ1) is 18.8. The Morgan fingerprint density at radius 1 is 1.19 bits per heavy atom. The van der Waals surface area contributed by atoms with E-state index in [1.165, 1.54) is 34.3 Å². The van der Waals surface area contributed by atoms with Gasteiger partial charge in [-0.05, 0) is 55.7 Å². The number of fused-ring (bicyclic) bond motifs is 3. The van der Waals surface area contributed by atoms with E-state index in [0.717, 1.165) is 42.0 Å². The Hall–Kier alpha value is -1.51. The van der Waals surface area contributed by atoms with Crippen molar-refractivity contribution >= 4 is 56.4 Å². The monoisotopic (exact) mass is 429 g/mol. The Bertz CT molecular complexity index is 1020. The Morgan fingerprint density at radius 3 is 2.70 bits per heavy atom. The van der Waals surface area contributed by atoms with Gasteiger partial charge in [-0.3, -0.25) is 0 Å². The van der Waals surface area contributed by atoms with E-state index in [1.54, 1.807) is 11.3 Å². The molecule has 3 aromatic rings. The minimum absolute atomic E-state index is 0.300. The third kappa shape index (κ3) is 3.62. The normalized spacial score (nSPS) is 14.4. The lowest BCUT2D eigenvalue weighted by atomic mass is 9.97. The van der Waals surface area contributed by atoms with Gasteiger partial charge in [0.25, 0.3) is 0 Å². The maximum atomic E-state index is 13.2. The van der Waals surface area contributed by atoms with Crippen LogP contribution in [0.1, 0.15) is 28.8 Å². The molecular formula is C18H15ClF3N3S2. The van der Waals surface area contributed by atoms with Gasteiger partial charge in [0.15, 0.2) is 5.16 Å². The van der Waals surface area contributed by atoms with E-state index in [1.807, 2.05) is 6.26 Å². The summed E-state index contributed by atoms with van der Waals surface area (Å²) in [5, 5.41) is 4.28. The molecule has 0 aliphatic heterocycles. The second-order valence-electron chi connectivity index (χ2n) is 6.27. The second-order valence-corrected chi connectivity index (χ2v) is 8.53. The fourth-order valence-corrected chi connectivity index (χ4v) is 5.19. The van der Waals surface area contributed by atoms with Crippen LogP contribution < -0.4 is 5.32 Å². The van der Waals surface area contributed by atoms with Crippen LogP contribution in [0.5, 0.6) is 0 Å². The second kappa shape index (κ2) is 7.14. The number of thioether (sulfide) groups is 1. The van der Waals surface area contributed by atoms with Crippen molar-refractivity contribution in [2.24, 2.45) is 0 Å². The number of hydrogen-bond donors (Lipinski definition) is 1. The van der Waals surface area contributed by atoms with Crippen LogP contribution in [0.25, 0.3) is 10.2 Å². The molecule has 0 saturated heterocycles. The zero-order valence-electron chi connectivity index (χ0n) is 14.3. The van der Waals surface area contributed by atoms with Crippen molar-refractivity contribution in [3.05, 3.63) is 39.2 Å². The van der Waals surface area contributed by atoms with Gasteiger partial charge in [0.2, 0.25) is 0 Å². The van der Waals surface area contributed by atoms with E-state index >= 15 is 0 Å². The molecule has 2 heterocycles. The molecule has 0 atom stereocenters. The van der Waals surface area contributed by atoms with E-state index in [9.17, 15) is 13.2 Å². The summed E-state index contributed by atoms with van der Waals surface area (Å²) in [5.41, 5.74) is 0.660. The SMILES string of the molecule is CSc1nc(Nc2ccc(Cl)c(C(F)(F)F)c2)c2c3c(sc2n1)CCCC3. The van der Waals surface area contributed by atoms with Crippen LogP contribution in [0.15, 0.2) is 23.4 Å². The number of hydrogen-bond acceptors (Lipinski definition) is 5. The number of rotatable bonds is 3. The number of nitrogens with one attached hydrogen (secondary N) is 1. The zero-order valence-corrected chi connectivity index (χ0v) is 16.7. The zero-order chi connectivity index (χ0) is 19.2. The predicted molar refractivity (Wildman–Crippen MR) is 106 cm³/mol. The largest absolute Gasteiger partial charge is 0.417 e. The van der Waals surface area contributed by atoms with Gasteiger partial charge in [-0.25, -0.2) is 9.97 Å². The molecule has 0 bridgehead atoms. The number of aryl methyl sites for hydroxylation is 2. The molecule has 27 heavy (non-hydrogen) atoms. The molecular weight excluding hydrogens is 415 g/mol. The number of anilines is 2. The van der Waals surface area contributed by atoms with Crippen LogP contribution in [0, 0.1) is 0 Å². The number of benzene rings is 1. The van der Waals surface area contributed by atoms with Gasteiger partial charge >= 0.3 is 6.18 Å². The van der Waals surface area contributed by atoms with Crippen molar-refractivity contribution in [1.82, 2.24) is 9.97 Å². The first-order valence-corrected chi connectivity index (χ1v) is 10.8. The lowest BCUT2D eigenvalue weighted by Crippen LogP contribution is -2.07. The first-order valence-electron chi connectivity index (χ1n) is 8.37. The summed E-state index contributed by atoms with van der Waals surface area (Å²) >= 11 is 8.79. The lowest BCUT2D eigenvalue weighted by Gasteiger charge is -2.15. The van der Waals surface area contributed by atoms with Crippen LogP contribution in [-0.4, -0.2) is 16.2 Å². The van der Waals surface area contributed by atoms with Gasteiger partial charge < -0.3 is 5.32 Å². The summed E-state index contributed by atoms with van der Waals surface area (Å²) in [6.45, 7) is 0. The van der Waals surface area contributed by atoms with E-state index in [0.29, 0.717) is 16.7 Å². The minimum atomic E-state index is -4.51. The van der Waals surface area contributed by atoms with E-state index in [4.69, 9.17) is 11.6 Å². The highest BCUT2D eigenvalue weighted by molar-refractivity contribution is 7.98.